The van der Waals surface area contributed by atoms with E-state index in [0.29, 0.717) is 17.4 Å². The van der Waals surface area contributed by atoms with E-state index >= 15 is 0 Å². The molecule has 1 saturated heterocycles. The highest BCUT2D eigenvalue weighted by molar-refractivity contribution is 6.30. The Labute approximate surface area is 144 Å². The molecular weight excluding hydrogens is 330 g/mol. The summed E-state index contributed by atoms with van der Waals surface area (Å²) in [4.78, 5) is 30.3. The van der Waals surface area contributed by atoms with Gasteiger partial charge in [0.1, 0.15) is 18.5 Å². The molecule has 3 rings (SSSR count). The van der Waals surface area contributed by atoms with Crippen LogP contribution in [0.5, 0.6) is 0 Å². The lowest BCUT2D eigenvalue weighted by atomic mass is 10.1. The lowest BCUT2D eigenvalue weighted by Gasteiger charge is -2.34. The van der Waals surface area contributed by atoms with Crippen LogP contribution in [0, 0.1) is 0 Å². The van der Waals surface area contributed by atoms with Crippen LogP contribution in [-0.4, -0.2) is 41.0 Å². The van der Waals surface area contributed by atoms with Crippen molar-refractivity contribution >= 4 is 29.2 Å². The molecule has 2 aromatic rings. The monoisotopic (exact) mass is 345 g/mol. The van der Waals surface area contributed by atoms with Gasteiger partial charge in [-0.1, -0.05) is 41.9 Å². The molecule has 0 spiro atoms. The number of rotatable bonds is 4. The van der Waals surface area contributed by atoms with E-state index in [0.717, 1.165) is 5.56 Å². The molecule has 1 aromatic heterocycles. The molecule has 1 aromatic carbocycles. The van der Waals surface area contributed by atoms with E-state index in [1.807, 2.05) is 30.3 Å². The molecule has 0 aliphatic carbocycles. The van der Waals surface area contributed by atoms with Gasteiger partial charge in [-0.05, 0) is 17.7 Å². The number of carbonyl (C=O) groups excluding carboxylic acids is 2. The number of hydrogen-bond donors (Lipinski definition) is 1. The van der Waals surface area contributed by atoms with Crippen LogP contribution in [0.25, 0.3) is 0 Å². The lowest BCUT2D eigenvalue weighted by Crippen LogP contribution is -2.54. The fourth-order valence-corrected chi connectivity index (χ4v) is 2.57. The maximum absolute atomic E-state index is 12.5. The summed E-state index contributed by atoms with van der Waals surface area (Å²) < 4.78 is 5.25. The molecule has 7 heteroatoms. The largest absolute Gasteiger partial charge is 0.369 e. The topological polar surface area (TPSA) is 71.5 Å². The van der Waals surface area contributed by atoms with E-state index in [1.54, 1.807) is 12.1 Å². The second-order valence-corrected chi connectivity index (χ2v) is 5.83. The van der Waals surface area contributed by atoms with Crippen LogP contribution in [0.3, 0.4) is 0 Å². The molecule has 1 unspecified atom stereocenters. The number of morpholine rings is 1. The smallest absolute Gasteiger partial charge is 0.250 e. The number of pyridine rings is 1. The van der Waals surface area contributed by atoms with Gasteiger partial charge in [0.05, 0.1) is 11.6 Å². The summed E-state index contributed by atoms with van der Waals surface area (Å²) in [6.07, 6.45) is 1.45. The zero-order valence-corrected chi connectivity index (χ0v) is 13.6. The fraction of sp³-hybridized carbons (Fsp3) is 0.235. The minimum Gasteiger partial charge on any atom is -0.369 e. The number of halogens is 1. The summed E-state index contributed by atoms with van der Waals surface area (Å²) >= 11 is 5.78. The van der Waals surface area contributed by atoms with E-state index in [1.165, 1.54) is 11.1 Å². The summed E-state index contributed by atoms with van der Waals surface area (Å²) in [7, 11) is 0. The first kappa shape index (κ1) is 16.4. The summed E-state index contributed by atoms with van der Waals surface area (Å²) in [5.41, 5.74) is 0.954. The van der Waals surface area contributed by atoms with Crippen molar-refractivity contribution in [1.29, 1.82) is 0 Å². The van der Waals surface area contributed by atoms with Gasteiger partial charge in [-0.15, -0.1) is 0 Å². The second kappa shape index (κ2) is 7.42. The highest BCUT2D eigenvalue weighted by Crippen LogP contribution is 2.16. The van der Waals surface area contributed by atoms with E-state index in [2.05, 4.69) is 10.3 Å². The first-order valence-electron chi connectivity index (χ1n) is 7.47. The average Bonchev–Trinajstić information content (AvgIpc) is 2.59. The number of benzene rings is 1. The van der Waals surface area contributed by atoms with Crippen molar-refractivity contribution in [2.24, 2.45) is 0 Å². The predicted molar refractivity (Wildman–Crippen MR) is 89.5 cm³/mol. The molecule has 2 heterocycles. The Morgan fingerprint density at radius 3 is 2.79 bits per heavy atom. The van der Waals surface area contributed by atoms with Crippen LogP contribution in [0.4, 0.5) is 5.82 Å². The van der Waals surface area contributed by atoms with Crippen molar-refractivity contribution in [3.05, 3.63) is 59.2 Å². The van der Waals surface area contributed by atoms with Gasteiger partial charge in [0, 0.05) is 12.7 Å². The average molecular weight is 346 g/mol. The van der Waals surface area contributed by atoms with Crippen LogP contribution in [-0.2, 0) is 20.9 Å². The molecule has 1 atom stereocenters. The predicted octanol–water partition coefficient (Wildman–Crippen LogP) is 2.10. The number of nitrogens with one attached hydrogen (secondary N) is 1. The highest BCUT2D eigenvalue weighted by atomic mass is 35.5. The molecule has 0 bridgehead atoms. The summed E-state index contributed by atoms with van der Waals surface area (Å²) in [5.74, 6) is -0.176. The minimum absolute atomic E-state index is 0.0180. The molecule has 6 nitrogen and oxygen atoms in total. The van der Waals surface area contributed by atoms with Crippen molar-refractivity contribution in [3.8, 4) is 0 Å². The van der Waals surface area contributed by atoms with Gasteiger partial charge in [-0.2, -0.15) is 0 Å². The molecule has 1 fully saturated rings. The standard InChI is InChI=1S/C17H16ClN3O3/c18-13-6-7-15(19-8-13)20-17(23)14-10-24-11-16(22)21(14)9-12-4-2-1-3-5-12/h1-8,14H,9-11H2,(H,19,20,23). The Hall–Kier alpha value is -2.44. The maximum Gasteiger partial charge on any atom is 0.250 e. The Balaban J connectivity index is 1.74. The lowest BCUT2D eigenvalue weighted by molar-refractivity contribution is -0.154. The zero-order valence-electron chi connectivity index (χ0n) is 12.8. The highest BCUT2D eigenvalue weighted by Gasteiger charge is 2.34. The van der Waals surface area contributed by atoms with Crippen molar-refractivity contribution < 1.29 is 14.3 Å². The number of carbonyl (C=O) groups is 2. The molecule has 0 saturated carbocycles. The van der Waals surface area contributed by atoms with Crippen LogP contribution in [0.1, 0.15) is 5.56 Å². The fourth-order valence-electron chi connectivity index (χ4n) is 2.46. The van der Waals surface area contributed by atoms with Crippen molar-refractivity contribution in [1.82, 2.24) is 9.88 Å². The minimum atomic E-state index is -0.705. The van der Waals surface area contributed by atoms with E-state index in [4.69, 9.17) is 16.3 Å². The van der Waals surface area contributed by atoms with Crippen molar-refractivity contribution in [2.45, 2.75) is 12.6 Å². The third kappa shape index (κ3) is 3.90. The molecule has 1 aliphatic rings. The number of nitrogens with zero attached hydrogens (tertiary/aromatic N) is 2. The zero-order chi connectivity index (χ0) is 16.9. The first-order valence-corrected chi connectivity index (χ1v) is 7.85. The van der Waals surface area contributed by atoms with E-state index in [-0.39, 0.29) is 25.0 Å². The molecule has 1 N–H and O–H groups in total. The van der Waals surface area contributed by atoms with Crippen LogP contribution < -0.4 is 5.32 Å². The number of anilines is 1. The van der Waals surface area contributed by atoms with Gasteiger partial charge in [0.2, 0.25) is 5.91 Å². The summed E-state index contributed by atoms with van der Waals surface area (Å²) in [6, 6.07) is 12.1. The third-order valence-electron chi connectivity index (χ3n) is 3.67. The number of ether oxygens (including phenoxy) is 1. The van der Waals surface area contributed by atoms with Gasteiger partial charge < -0.3 is 15.0 Å². The third-order valence-corrected chi connectivity index (χ3v) is 3.90. The van der Waals surface area contributed by atoms with Crippen LogP contribution in [0.15, 0.2) is 48.7 Å². The number of hydrogen-bond acceptors (Lipinski definition) is 4. The van der Waals surface area contributed by atoms with Gasteiger partial charge in [-0.3, -0.25) is 9.59 Å². The SMILES string of the molecule is O=C(Nc1ccc(Cl)cn1)C1COCC(=O)N1Cc1ccccc1. The number of aromatic nitrogens is 1. The molecule has 2 amide bonds. The van der Waals surface area contributed by atoms with Gasteiger partial charge in [-0.25, -0.2) is 4.98 Å². The molecular formula is C17H16ClN3O3. The van der Waals surface area contributed by atoms with Crippen LogP contribution in [0.2, 0.25) is 5.02 Å². The van der Waals surface area contributed by atoms with Gasteiger partial charge in [0.15, 0.2) is 0 Å². The molecule has 1 aliphatic heterocycles. The van der Waals surface area contributed by atoms with E-state index in [9.17, 15) is 9.59 Å². The molecule has 0 radical (unpaired) electrons. The van der Waals surface area contributed by atoms with Crippen molar-refractivity contribution in [2.75, 3.05) is 18.5 Å². The number of amides is 2. The first-order chi connectivity index (χ1) is 11.6. The van der Waals surface area contributed by atoms with Gasteiger partial charge in [0.25, 0.3) is 5.91 Å². The molecule has 24 heavy (non-hydrogen) atoms. The quantitative estimate of drug-likeness (QED) is 0.921. The normalized spacial score (nSPS) is 17.6. The maximum atomic E-state index is 12.5. The summed E-state index contributed by atoms with van der Waals surface area (Å²) in [5, 5.41) is 3.17. The summed E-state index contributed by atoms with van der Waals surface area (Å²) in [6.45, 7) is 0.489. The Kier molecular flexibility index (Phi) is 5.08. The van der Waals surface area contributed by atoms with E-state index < -0.39 is 6.04 Å². The Morgan fingerprint density at radius 2 is 2.08 bits per heavy atom. The molecule has 124 valence electrons. The van der Waals surface area contributed by atoms with Crippen LogP contribution >= 0.6 is 11.6 Å². The van der Waals surface area contributed by atoms with Gasteiger partial charge >= 0.3 is 0 Å². The Morgan fingerprint density at radius 1 is 1.29 bits per heavy atom. The second-order valence-electron chi connectivity index (χ2n) is 5.39. The Bertz CT molecular complexity index is 722. The van der Waals surface area contributed by atoms with Crippen molar-refractivity contribution in [3.63, 3.8) is 0 Å².